The van der Waals surface area contributed by atoms with Crippen LogP contribution in [0, 0.1) is 6.92 Å². The molecule has 37 heavy (non-hydrogen) atoms. The van der Waals surface area contributed by atoms with Crippen LogP contribution >= 0.6 is 0 Å². The number of hydrogen-bond acceptors (Lipinski definition) is 3. The van der Waals surface area contributed by atoms with E-state index in [2.05, 4.69) is 9.88 Å². The number of nitrogens with zero attached hydrogens (tertiary/aromatic N) is 3. The molecule has 0 bridgehead atoms. The maximum absolute atomic E-state index is 13.1. The van der Waals surface area contributed by atoms with Gasteiger partial charge in [0.15, 0.2) is 0 Å². The van der Waals surface area contributed by atoms with Gasteiger partial charge in [0.25, 0.3) is 0 Å². The third-order valence-electron chi connectivity index (χ3n) is 6.73. The van der Waals surface area contributed by atoms with Crippen molar-refractivity contribution >= 4 is 22.8 Å². The highest BCUT2D eigenvalue weighted by molar-refractivity contribution is 5.81. The predicted molar refractivity (Wildman–Crippen MR) is 148 cm³/mol. The molecule has 6 nitrogen and oxygen atoms in total. The highest BCUT2D eigenvalue weighted by Crippen LogP contribution is 2.18. The van der Waals surface area contributed by atoms with Gasteiger partial charge in [-0.1, -0.05) is 73.2 Å². The first-order chi connectivity index (χ1) is 18.0. The molecule has 1 N–H and O–H groups in total. The Morgan fingerprint density at radius 3 is 2.43 bits per heavy atom. The van der Waals surface area contributed by atoms with Gasteiger partial charge in [-0.15, -0.1) is 0 Å². The van der Waals surface area contributed by atoms with Crippen molar-refractivity contribution in [1.82, 2.24) is 19.8 Å². The minimum atomic E-state index is 0.0598. The largest absolute Gasteiger partial charge is 0.356 e. The first-order valence-electron chi connectivity index (χ1n) is 13.0. The predicted octanol–water partition coefficient (Wildman–Crippen LogP) is 5.08. The van der Waals surface area contributed by atoms with E-state index >= 15 is 0 Å². The number of likely N-dealkylation sites (N-methyl/N-ethyl adjacent to an activating group) is 1. The fourth-order valence-electron chi connectivity index (χ4n) is 4.55. The van der Waals surface area contributed by atoms with Crippen LogP contribution in [0.15, 0.2) is 78.9 Å². The van der Waals surface area contributed by atoms with Crippen molar-refractivity contribution in [2.45, 2.75) is 52.1 Å². The van der Waals surface area contributed by atoms with Gasteiger partial charge in [0.05, 0.1) is 17.5 Å². The molecule has 1 heterocycles. The average molecular weight is 497 g/mol. The Bertz CT molecular complexity index is 1330. The van der Waals surface area contributed by atoms with Crippen LogP contribution in [0.4, 0.5) is 0 Å². The second-order valence-electron chi connectivity index (χ2n) is 9.60. The maximum Gasteiger partial charge on any atom is 0.242 e. The number of para-hydroxylation sites is 2. The third-order valence-corrected chi connectivity index (χ3v) is 6.73. The van der Waals surface area contributed by atoms with Crippen LogP contribution in [-0.2, 0) is 35.5 Å². The van der Waals surface area contributed by atoms with E-state index in [1.807, 2.05) is 92.8 Å². The summed E-state index contributed by atoms with van der Waals surface area (Å²) in [5.41, 5.74) is 5.23. The molecule has 0 radical (unpaired) electrons. The number of hydrogen-bond donors (Lipinski definition) is 1. The minimum Gasteiger partial charge on any atom is -0.356 e. The van der Waals surface area contributed by atoms with Crippen LogP contribution < -0.4 is 5.32 Å². The summed E-state index contributed by atoms with van der Waals surface area (Å²) in [6, 6.07) is 26.0. The summed E-state index contributed by atoms with van der Waals surface area (Å²) >= 11 is 0. The highest BCUT2D eigenvalue weighted by Gasteiger charge is 2.16. The van der Waals surface area contributed by atoms with E-state index in [9.17, 15) is 9.59 Å². The fourth-order valence-corrected chi connectivity index (χ4v) is 4.55. The molecule has 0 unspecified atom stereocenters. The maximum atomic E-state index is 13.1. The first-order valence-corrected chi connectivity index (χ1v) is 13.0. The van der Waals surface area contributed by atoms with Crippen molar-refractivity contribution in [3.05, 3.63) is 101 Å². The molecular weight excluding hydrogens is 460 g/mol. The van der Waals surface area contributed by atoms with Crippen molar-refractivity contribution < 1.29 is 9.59 Å². The Hall–Kier alpha value is -3.93. The molecule has 4 aromatic rings. The molecule has 6 heteroatoms. The van der Waals surface area contributed by atoms with Gasteiger partial charge >= 0.3 is 0 Å². The van der Waals surface area contributed by atoms with E-state index in [0.29, 0.717) is 19.5 Å². The molecule has 2 amide bonds. The lowest BCUT2D eigenvalue weighted by molar-refractivity contribution is -0.131. The number of unbranched alkanes of at least 4 members (excludes halogenated alkanes) is 2. The van der Waals surface area contributed by atoms with Crippen molar-refractivity contribution in [2.24, 2.45) is 0 Å². The molecule has 0 spiro atoms. The summed E-state index contributed by atoms with van der Waals surface area (Å²) in [6.07, 6.45) is 4.06. The zero-order valence-electron chi connectivity index (χ0n) is 21.8. The standard InChI is InChI=1S/C31H36N4O2/c1-24-13-8-9-16-26(24)21-30(36)32-20-12-4-7-19-29-33-27-17-10-11-18-28(27)35(29)23-31(37)34(2)22-25-14-5-3-6-15-25/h3,5-6,8-11,13-18H,4,7,12,19-23H2,1-2H3,(H,32,36). The fraction of sp³-hybridized carbons (Fsp3) is 0.323. The van der Waals surface area contributed by atoms with E-state index in [0.717, 1.165) is 59.2 Å². The quantitative estimate of drug-likeness (QED) is 0.278. The SMILES string of the molecule is Cc1ccccc1CC(=O)NCCCCCc1nc2ccccc2n1CC(=O)N(C)Cc1ccccc1. The summed E-state index contributed by atoms with van der Waals surface area (Å²) < 4.78 is 2.06. The van der Waals surface area contributed by atoms with Gasteiger partial charge in [0.2, 0.25) is 11.8 Å². The number of rotatable bonds is 12. The van der Waals surface area contributed by atoms with E-state index in [4.69, 9.17) is 4.98 Å². The zero-order valence-corrected chi connectivity index (χ0v) is 21.8. The topological polar surface area (TPSA) is 67.2 Å². The van der Waals surface area contributed by atoms with Crippen LogP contribution in [0.2, 0.25) is 0 Å². The molecule has 4 rings (SSSR count). The van der Waals surface area contributed by atoms with Crippen LogP contribution in [-0.4, -0.2) is 39.9 Å². The van der Waals surface area contributed by atoms with Crippen molar-refractivity contribution in [3.8, 4) is 0 Å². The zero-order chi connectivity index (χ0) is 26.0. The molecule has 0 aliphatic heterocycles. The smallest absolute Gasteiger partial charge is 0.242 e. The van der Waals surface area contributed by atoms with Crippen LogP contribution in [0.5, 0.6) is 0 Å². The Kier molecular flexibility index (Phi) is 9.08. The van der Waals surface area contributed by atoms with Crippen molar-refractivity contribution in [2.75, 3.05) is 13.6 Å². The van der Waals surface area contributed by atoms with Gasteiger partial charge in [0.1, 0.15) is 12.4 Å². The van der Waals surface area contributed by atoms with Crippen molar-refractivity contribution in [3.63, 3.8) is 0 Å². The summed E-state index contributed by atoms with van der Waals surface area (Å²) in [7, 11) is 1.85. The van der Waals surface area contributed by atoms with Gasteiger partial charge < -0.3 is 14.8 Å². The molecule has 0 saturated carbocycles. The average Bonchev–Trinajstić information content (AvgIpc) is 3.25. The number of imidazole rings is 1. The molecule has 0 fully saturated rings. The molecule has 1 aromatic heterocycles. The van der Waals surface area contributed by atoms with Crippen LogP contribution in [0.1, 0.15) is 41.8 Å². The first kappa shape index (κ1) is 26.1. The molecule has 0 aliphatic carbocycles. The van der Waals surface area contributed by atoms with Gasteiger partial charge in [-0.25, -0.2) is 4.98 Å². The number of amides is 2. The number of aromatic nitrogens is 2. The van der Waals surface area contributed by atoms with Crippen molar-refractivity contribution in [1.29, 1.82) is 0 Å². The van der Waals surface area contributed by atoms with E-state index in [1.165, 1.54) is 0 Å². The van der Waals surface area contributed by atoms with E-state index in [1.54, 1.807) is 4.90 Å². The van der Waals surface area contributed by atoms with E-state index in [-0.39, 0.29) is 18.4 Å². The molecule has 0 saturated heterocycles. The Balaban J connectivity index is 1.28. The number of aryl methyl sites for hydroxylation is 2. The number of fused-ring (bicyclic) bond motifs is 1. The molecule has 3 aromatic carbocycles. The van der Waals surface area contributed by atoms with Gasteiger partial charge in [-0.3, -0.25) is 9.59 Å². The summed E-state index contributed by atoms with van der Waals surface area (Å²) in [5, 5.41) is 3.04. The second-order valence-corrected chi connectivity index (χ2v) is 9.60. The normalized spacial score (nSPS) is 11.0. The molecule has 0 aliphatic rings. The number of carbonyl (C=O) groups is 2. The van der Waals surface area contributed by atoms with Crippen LogP contribution in [0.25, 0.3) is 11.0 Å². The van der Waals surface area contributed by atoms with E-state index < -0.39 is 0 Å². The number of nitrogens with one attached hydrogen (secondary N) is 1. The Morgan fingerprint density at radius 2 is 1.62 bits per heavy atom. The van der Waals surface area contributed by atoms with Gasteiger partial charge in [-0.2, -0.15) is 0 Å². The second kappa shape index (κ2) is 12.9. The summed E-state index contributed by atoms with van der Waals surface area (Å²) in [5.74, 6) is 1.06. The molecular formula is C31H36N4O2. The third kappa shape index (κ3) is 7.29. The molecule has 0 atom stereocenters. The lowest BCUT2D eigenvalue weighted by Crippen LogP contribution is -2.30. The lowest BCUT2D eigenvalue weighted by Gasteiger charge is -2.19. The molecule has 192 valence electrons. The Morgan fingerprint density at radius 1 is 0.892 bits per heavy atom. The number of benzene rings is 3. The summed E-state index contributed by atoms with van der Waals surface area (Å²) in [6.45, 7) is 3.56. The highest BCUT2D eigenvalue weighted by atomic mass is 16.2. The minimum absolute atomic E-state index is 0.0598. The lowest BCUT2D eigenvalue weighted by atomic mass is 10.1. The van der Waals surface area contributed by atoms with Gasteiger partial charge in [0, 0.05) is 26.6 Å². The van der Waals surface area contributed by atoms with Gasteiger partial charge in [-0.05, 0) is 48.6 Å². The summed E-state index contributed by atoms with van der Waals surface area (Å²) in [4.78, 5) is 32.0. The monoisotopic (exact) mass is 496 g/mol. The number of carbonyl (C=O) groups excluding carboxylic acids is 2. The van der Waals surface area contributed by atoms with Crippen LogP contribution in [0.3, 0.4) is 0 Å². The Labute approximate surface area is 219 Å².